The molecule has 0 aliphatic carbocycles. The van der Waals surface area contributed by atoms with Gasteiger partial charge in [0.1, 0.15) is 12.3 Å². The minimum atomic E-state index is -0.346. The third kappa shape index (κ3) is 3.49. The van der Waals surface area contributed by atoms with Crippen molar-refractivity contribution in [3.05, 3.63) is 63.7 Å². The van der Waals surface area contributed by atoms with Gasteiger partial charge in [0.2, 0.25) is 0 Å². The highest BCUT2D eigenvalue weighted by Crippen LogP contribution is 2.32. The third-order valence-electron chi connectivity index (χ3n) is 5.01. The van der Waals surface area contributed by atoms with Gasteiger partial charge in [-0.25, -0.2) is 0 Å². The Hall–Kier alpha value is -2.64. The Morgan fingerprint density at radius 2 is 1.92 bits per heavy atom. The summed E-state index contributed by atoms with van der Waals surface area (Å²) in [4.78, 5) is 14.7. The highest BCUT2D eigenvalue weighted by molar-refractivity contribution is 5.50. The van der Waals surface area contributed by atoms with Crippen LogP contribution in [0.25, 0.3) is 0 Å². The van der Waals surface area contributed by atoms with Crippen LogP contribution in [0.15, 0.2) is 42.5 Å². The highest BCUT2D eigenvalue weighted by atomic mass is 16.7. The first-order valence-corrected chi connectivity index (χ1v) is 8.85. The molecular weight excluding hydrogens is 334 g/mol. The van der Waals surface area contributed by atoms with Gasteiger partial charge in [-0.1, -0.05) is 18.2 Å². The van der Waals surface area contributed by atoms with Crippen molar-refractivity contribution in [1.29, 1.82) is 0 Å². The van der Waals surface area contributed by atoms with E-state index in [0.717, 1.165) is 49.6 Å². The normalized spacial score (nSPS) is 17.5. The van der Waals surface area contributed by atoms with Crippen molar-refractivity contribution in [3.8, 4) is 5.75 Å². The van der Waals surface area contributed by atoms with Crippen LogP contribution >= 0.6 is 0 Å². The Balaban J connectivity index is 1.48. The zero-order valence-corrected chi connectivity index (χ0v) is 14.5. The molecule has 4 rings (SSSR count). The van der Waals surface area contributed by atoms with Crippen LogP contribution in [0.3, 0.4) is 0 Å². The van der Waals surface area contributed by atoms with Crippen molar-refractivity contribution in [3.63, 3.8) is 0 Å². The van der Waals surface area contributed by atoms with E-state index < -0.39 is 0 Å². The summed E-state index contributed by atoms with van der Waals surface area (Å²) in [6.07, 6.45) is 0. The van der Waals surface area contributed by atoms with E-state index in [0.29, 0.717) is 6.61 Å². The Bertz CT molecular complexity index is 789. The molecule has 7 nitrogen and oxygen atoms in total. The lowest BCUT2D eigenvalue weighted by molar-refractivity contribution is -0.914. The van der Waals surface area contributed by atoms with E-state index >= 15 is 0 Å². The standard InChI is InChI=1S/C19H21N3O4/c23-22(24)18-10-15(19-16(11-18)13-25-14-26-19)12-20-6-8-21(9-7-20)17-4-2-1-3-5-17/h1-5,10-11H,6-9,12-14H2/p+1. The molecule has 0 amide bonds. The molecule has 2 aromatic rings. The summed E-state index contributed by atoms with van der Waals surface area (Å²) in [5.41, 5.74) is 3.03. The molecule has 1 saturated heterocycles. The first-order valence-electron chi connectivity index (χ1n) is 8.85. The fourth-order valence-electron chi connectivity index (χ4n) is 3.68. The zero-order chi connectivity index (χ0) is 17.9. The number of non-ortho nitro benzene ring substituents is 1. The van der Waals surface area contributed by atoms with E-state index in [9.17, 15) is 10.1 Å². The van der Waals surface area contributed by atoms with Crippen LogP contribution in [-0.4, -0.2) is 37.9 Å². The van der Waals surface area contributed by atoms with Crippen molar-refractivity contribution >= 4 is 11.4 Å². The van der Waals surface area contributed by atoms with Gasteiger partial charge in [0.25, 0.3) is 5.69 Å². The topological polar surface area (TPSA) is 69.3 Å². The number of hydrogen-bond acceptors (Lipinski definition) is 5. The number of nitrogens with one attached hydrogen (secondary N) is 1. The first-order chi connectivity index (χ1) is 12.7. The largest absolute Gasteiger partial charge is 0.467 e. The molecule has 0 unspecified atom stereocenters. The summed E-state index contributed by atoms with van der Waals surface area (Å²) >= 11 is 0. The number of anilines is 1. The predicted molar refractivity (Wildman–Crippen MR) is 96.4 cm³/mol. The predicted octanol–water partition coefficient (Wildman–Crippen LogP) is 1.37. The number of nitrogens with zero attached hydrogens (tertiary/aromatic N) is 2. The molecule has 2 heterocycles. The maximum absolute atomic E-state index is 11.2. The van der Waals surface area contributed by atoms with Crippen LogP contribution in [0, 0.1) is 10.1 Å². The molecule has 0 aromatic heterocycles. The summed E-state index contributed by atoms with van der Waals surface area (Å²) in [5, 5.41) is 11.2. The van der Waals surface area contributed by atoms with Crippen LogP contribution in [0.5, 0.6) is 5.75 Å². The second kappa shape index (κ2) is 7.31. The van der Waals surface area contributed by atoms with Gasteiger partial charge in [0.15, 0.2) is 6.79 Å². The Kier molecular flexibility index (Phi) is 4.73. The quantitative estimate of drug-likeness (QED) is 0.662. The third-order valence-corrected chi connectivity index (χ3v) is 5.01. The van der Waals surface area contributed by atoms with Gasteiger partial charge in [-0.3, -0.25) is 10.1 Å². The lowest BCUT2D eigenvalue weighted by Crippen LogP contribution is -3.13. The first kappa shape index (κ1) is 16.8. The number of nitro groups is 1. The molecule has 0 bridgehead atoms. The monoisotopic (exact) mass is 356 g/mol. The Morgan fingerprint density at radius 3 is 2.65 bits per heavy atom. The van der Waals surface area contributed by atoms with Crippen molar-refractivity contribution in [2.75, 3.05) is 37.9 Å². The second-order valence-corrected chi connectivity index (χ2v) is 6.71. The smallest absolute Gasteiger partial charge is 0.270 e. The summed E-state index contributed by atoms with van der Waals surface area (Å²) in [6, 6.07) is 13.6. The van der Waals surface area contributed by atoms with E-state index in [-0.39, 0.29) is 17.4 Å². The minimum Gasteiger partial charge on any atom is -0.467 e. The maximum Gasteiger partial charge on any atom is 0.270 e. The van der Waals surface area contributed by atoms with Crippen LogP contribution in [0.4, 0.5) is 11.4 Å². The summed E-state index contributed by atoms with van der Waals surface area (Å²) in [7, 11) is 0. The van der Waals surface area contributed by atoms with Gasteiger partial charge in [-0.15, -0.1) is 0 Å². The van der Waals surface area contributed by atoms with Gasteiger partial charge >= 0.3 is 0 Å². The second-order valence-electron chi connectivity index (χ2n) is 6.71. The molecule has 2 aliphatic heterocycles. The van der Waals surface area contributed by atoms with Crippen LogP contribution in [0.2, 0.25) is 0 Å². The van der Waals surface area contributed by atoms with Gasteiger partial charge in [0.05, 0.1) is 43.3 Å². The molecule has 0 spiro atoms. The molecule has 26 heavy (non-hydrogen) atoms. The molecule has 136 valence electrons. The van der Waals surface area contributed by atoms with E-state index in [4.69, 9.17) is 9.47 Å². The fourth-order valence-corrected chi connectivity index (χ4v) is 3.68. The van der Waals surface area contributed by atoms with Crippen LogP contribution in [-0.2, 0) is 17.9 Å². The lowest BCUT2D eigenvalue weighted by atomic mass is 10.1. The maximum atomic E-state index is 11.2. The number of para-hydroxylation sites is 1. The molecular formula is C19H22N3O4+. The number of hydrogen-bond donors (Lipinski definition) is 1. The number of nitro benzene ring substituents is 1. The lowest BCUT2D eigenvalue weighted by Gasteiger charge is -2.34. The van der Waals surface area contributed by atoms with Gasteiger partial charge in [-0.2, -0.15) is 0 Å². The molecule has 1 N–H and O–H groups in total. The van der Waals surface area contributed by atoms with E-state index in [1.807, 2.05) is 6.07 Å². The summed E-state index contributed by atoms with van der Waals surface area (Å²) in [6.45, 7) is 5.22. The number of fused-ring (bicyclic) bond motifs is 1. The van der Waals surface area contributed by atoms with Gasteiger partial charge < -0.3 is 19.3 Å². The Morgan fingerprint density at radius 1 is 1.15 bits per heavy atom. The van der Waals surface area contributed by atoms with Gasteiger partial charge in [-0.05, 0) is 12.1 Å². The average Bonchev–Trinajstić information content (AvgIpc) is 2.69. The van der Waals surface area contributed by atoms with Crippen molar-refractivity contribution in [2.45, 2.75) is 13.2 Å². The molecule has 0 atom stereocenters. The SMILES string of the molecule is O=[N+]([O-])c1cc2c(c(C[NH+]3CCN(c4ccccc4)CC3)c1)OCOC2. The van der Waals surface area contributed by atoms with Crippen molar-refractivity contribution < 1.29 is 19.3 Å². The molecule has 2 aliphatic rings. The molecule has 1 fully saturated rings. The highest BCUT2D eigenvalue weighted by Gasteiger charge is 2.26. The molecule has 0 radical (unpaired) electrons. The van der Waals surface area contributed by atoms with Crippen molar-refractivity contribution in [1.82, 2.24) is 0 Å². The number of ether oxygens (including phenoxy) is 2. The van der Waals surface area contributed by atoms with E-state index in [1.54, 1.807) is 12.1 Å². The molecule has 2 aromatic carbocycles. The number of piperazine rings is 1. The van der Waals surface area contributed by atoms with E-state index in [1.165, 1.54) is 10.6 Å². The number of benzene rings is 2. The summed E-state index contributed by atoms with van der Waals surface area (Å²) < 4.78 is 10.9. The Labute approximate surface area is 151 Å². The molecule has 0 saturated carbocycles. The minimum absolute atomic E-state index is 0.107. The fraction of sp³-hybridized carbons (Fsp3) is 0.368. The zero-order valence-electron chi connectivity index (χ0n) is 14.5. The number of rotatable bonds is 4. The van der Waals surface area contributed by atoms with Gasteiger partial charge in [0, 0.05) is 23.4 Å². The number of quaternary nitrogens is 1. The average molecular weight is 356 g/mol. The molecule has 7 heteroatoms. The van der Waals surface area contributed by atoms with Crippen LogP contribution in [0.1, 0.15) is 11.1 Å². The summed E-state index contributed by atoms with van der Waals surface area (Å²) in [5.74, 6) is 0.764. The van der Waals surface area contributed by atoms with E-state index in [2.05, 4.69) is 29.2 Å². The van der Waals surface area contributed by atoms with Crippen LogP contribution < -0.4 is 14.5 Å². The van der Waals surface area contributed by atoms with Crippen molar-refractivity contribution in [2.24, 2.45) is 0 Å².